The van der Waals surface area contributed by atoms with E-state index in [0.29, 0.717) is 19.1 Å². The highest BCUT2D eigenvalue weighted by Crippen LogP contribution is 2.31. The van der Waals surface area contributed by atoms with Crippen molar-refractivity contribution in [1.82, 2.24) is 0 Å². The van der Waals surface area contributed by atoms with Gasteiger partial charge in [-0.2, -0.15) is 0 Å². The molecule has 0 saturated heterocycles. The van der Waals surface area contributed by atoms with Gasteiger partial charge in [-0.25, -0.2) is 0 Å². The molecule has 0 aliphatic carbocycles. The number of benzene rings is 1. The van der Waals surface area contributed by atoms with Crippen molar-refractivity contribution < 1.29 is 15.2 Å². The lowest BCUT2D eigenvalue weighted by Crippen LogP contribution is -2.55. The van der Waals surface area contributed by atoms with Crippen molar-refractivity contribution in [3.63, 3.8) is 0 Å². The van der Waals surface area contributed by atoms with Gasteiger partial charge in [0.25, 0.3) is 0 Å². The highest BCUT2D eigenvalue weighted by atomic mass is 16.5. The Morgan fingerprint density at radius 1 is 1.06 bits per heavy atom. The molecule has 1 aromatic rings. The van der Waals surface area contributed by atoms with Crippen LogP contribution in [0.2, 0.25) is 0 Å². The number of hydrogen-bond acceptors (Lipinski definition) is 2. The number of ether oxygens (including phenoxy) is 2. The highest BCUT2D eigenvalue weighted by molar-refractivity contribution is 5.43. The van der Waals surface area contributed by atoms with Gasteiger partial charge in [0.2, 0.25) is 0 Å². The van der Waals surface area contributed by atoms with E-state index in [1.165, 1.54) is 5.56 Å². The van der Waals surface area contributed by atoms with Crippen molar-refractivity contribution in [1.29, 1.82) is 0 Å². The summed E-state index contributed by atoms with van der Waals surface area (Å²) < 4.78 is 11.1. The van der Waals surface area contributed by atoms with Gasteiger partial charge in [0.05, 0.1) is 13.2 Å². The van der Waals surface area contributed by atoms with Gasteiger partial charge in [0.1, 0.15) is 6.04 Å². The first-order valence-electron chi connectivity index (χ1n) is 6.32. The minimum atomic E-state index is 0.282. The zero-order chi connectivity index (χ0) is 12.8. The highest BCUT2D eigenvalue weighted by Gasteiger charge is 2.16. The van der Waals surface area contributed by atoms with Crippen molar-refractivity contribution in [2.75, 3.05) is 13.2 Å². The normalized spacial score (nSPS) is 12.6. The molecule has 1 aromatic carbocycles. The van der Waals surface area contributed by atoms with E-state index >= 15 is 0 Å². The molecule has 17 heavy (non-hydrogen) atoms. The molecular formula is C14H24NO2+. The Balaban J connectivity index is 3.00. The third kappa shape index (κ3) is 3.63. The molecule has 0 bridgehead atoms. The van der Waals surface area contributed by atoms with Gasteiger partial charge in [0.15, 0.2) is 11.5 Å². The molecule has 1 rings (SSSR count). The smallest absolute Gasteiger partial charge is 0.161 e. The SMILES string of the molecule is CCOc1ccc([C@H]([NH3+])C(C)C)cc1OCC. The zero-order valence-corrected chi connectivity index (χ0v) is 11.3. The summed E-state index contributed by atoms with van der Waals surface area (Å²) in [4.78, 5) is 0. The monoisotopic (exact) mass is 238 g/mol. The van der Waals surface area contributed by atoms with Crippen molar-refractivity contribution in [2.24, 2.45) is 5.92 Å². The van der Waals surface area contributed by atoms with Crippen LogP contribution in [0.1, 0.15) is 39.3 Å². The molecule has 0 saturated carbocycles. The molecule has 0 aliphatic heterocycles. The van der Waals surface area contributed by atoms with Crippen LogP contribution in [0.3, 0.4) is 0 Å². The van der Waals surface area contributed by atoms with Gasteiger partial charge in [-0.3, -0.25) is 0 Å². The number of quaternary nitrogens is 1. The maximum absolute atomic E-state index is 5.61. The molecule has 0 fully saturated rings. The Bertz CT molecular complexity index is 350. The van der Waals surface area contributed by atoms with E-state index < -0.39 is 0 Å². The van der Waals surface area contributed by atoms with Gasteiger partial charge >= 0.3 is 0 Å². The fourth-order valence-corrected chi connectivity index (χ4v) is 1.68. The molecule has 3 nitrogen and oxygen atoms in total. The molecule has 3 heteroatoms. The van der Waals surface area contributed by atoms with E-state index in [4.69, 9.17) is 9.47 Å². The summed E-state index contributed by atoms with van der Waals surface area (Å²) in [5, 5.41) is 0. The van der Waals surface area contributed by atoms with Crippen LogP contribution in [0, 0.1) is 5.92 Å². The van der Waals surface area contributed by atoms with E-state index in [0.717, 1.165) is 11.5 Å². The lowest BCUT2D eigenvalue weighted by Gasteiger charge is -2.16. The van der Waals surface area contributed by atoms with Crippen LogP contribution in [0.4, 0.5) is 0 Å². The third-order valence-electron chi connectivity index (χ3n) is 2.80. The van der Waals surface area contributed by atoms with Crippen LogP contribution < -0.4 is 15.2 Å². The maximum Gasteiger partial charge on any atom is 0.161 e. The zero-order valence-electron chi connectivity index (χ0n) is 11.3. The summed E-state index contributed by atoms with van der Waals surface area (Å²) in [5.74, 6) is 2.15. The second-order valence-corrected chi connectivity index (χ2v) is 4.42. The molecule has 0 unspecified atom stereocenters. The minimum absolute atomic E-state index is 0.282. The van der Waals surface area contributed by atoms with E-state index in [9.17, 15) is 0 Å². The molecule has 0 aliphatic rings. The first-order valence-corrected chi connectivity index (χ1v) is 6.32. The van der Waals surface area contributed by atoms with Crippen molar-refractivity contribution in [2.45, 2.75) is 33.7 Å². The van der Waals surface area contributed by atoms with E-state index in [1.54, 1.807) is 0 Å². The van der Waals surface area contributed by atoms with Crippen LogP contribution in [-0.2, 0) is 0 Å². The first-order chi connectivity index (χ1) is 8.10. The molecule has 96 valence electrons. The summed E-state index contributed by atoms with van der Waals surface area (Å²) in [6.07, 6.45) is 0. The molecule has 0 aromatic heterocycles. The average Bonchev–Trinajstić information content (AvgIpc) is 2.31. The minimum Gasteiger partial charge on any atom is -0.490 e. The first kappa shape index (κ1) is 13.8. The van der Waals surface area contributed by atoms with Crippen molar-refractivity contribution in [3.05, 3.63) is 23.8 Å². The topological polar surface area (TPSA) is 46.1 Å². The summed E-state index contributed by atoms with van der Waals surface area (Å²) in [5.41, 5.74) is 5.39. The number of rotatable bonds is 6. The summed E-state index contributed by atoms with van der Waals surface area (Å²) in [7, 11) is 0. The van der Waals surface area contributed by atoms with E-state index in [-0.39, 0.29) is 6.04 Å². The second kappa shape index (κ2) is 6.50. The van der Waals surface area contributed by atoms with Gasteiger partial charge in [0, 0.05) is 11.5 Å². The molecule has 0 heterocycles. The summed E-state index contributed by atoms with van der Waals surface area (Å²) >= 11 is 0. The van der Waals surface area contributed by atoms with Gasteiger partial charge in [-0.05, 0) is 32.0 Å². The number of hydrogen-bond donors (Lipinski definition) is 1. The Hall–Kier alpha value is -1.22. The van der Waals surface area contributed by atoms with Crippen LogP contribution >= 0.6 is 0 Å². The Morgan fingerprint density at radius 3 is 2.18 bits per heavy atom. The predicted molar refractivity (Wildman–Crippen MR) is 69.2 cm³/mol. The largest absolute Gasteiger partial charge is 0.490 e. The lowest BCUT2D eigenvalue weighted by atomic mass is 9.97. The molecular weight excluding hydrogens is 214 g/mol. The van der Waals surface area contributed by atoms with Gasteiger partial charge < -0.3 is 15.2 Å². The Labute approximate surface area is 104 Å². The van der Waals surface area contributed by atoms with Crippen molar-refractivity contribution in [3.8, 4) is 11.5 Å². The third-order valence-corrected chi connectivity index (χ3v) is 2.80. The molecule has 1 atom stereocenters. The second-order valence-electron chi connectivity index (χ2n) is 4.42. The average molecular weight is 238 g/mol. The van der Waals surface area contributed by atoms with E-state index in [2.05, 4.69) is 25.6 Å². The Kier molecular flexibility index (Phi) is 5.29. The van der Waals surface area contributed by atoms with Crippen LogP contribution in [0.25, 0.3) is 0 Å². The molecule has 0 spiro atoms. The fraction of sp³-hybridized carbons (Fsp3) is 0.571. The van der Waals surface area contributed by atoms with E-state index in [1.807, 2.05) is 26.0 Å². The molecule has 0 amide bonds. The van der Waals surface area contributed by atoms with Gasteiger partial charge in [-0.15, -0.1) is 0 Å². The standard InChI is InChI=1S/C14H23NO2/c1-5-16-12-8-7-11(14(15)10(3)4)9-13(12)17-6-2/h7-10,14H,5-6,15H2,1-4H3/p+1/t14-/m1/s1. The van der Waals surface area contributed by atoms with Crippen LogP contribution in [0.15, 0.2) is 18.2 Å². The molecule has 0 radical (unpaired) electrons. The predicted octanol–water partition coefficient (Wildman–Crippen LogP) is 2.42. The Morgan fingerprint density at radius 2 is 1.65 bits per heavy atom. The maximum atomic E-state index is 5.61. The summed E-state index contributed by atoms with van der Waals surface area (Å²) in [6.45, 7) is 9.60. The van der Waals surface area contributed by atoms with Crippen molar-refractivity contribution >= 4 is 0 Å². The molecule has 3 N–H and O–H groups in total. The fourth-order valence-electron chi connectivity index (χ4n) is 1.68. The van der Waals surface area contributed by atoms with Crippen LogP contribution in [0.5, 0.6) is 11.5 Å². The quantitative estimate of drug-likeness (QED) is 0.827. The van der Waals surface area contributed by atoms with Crippen LogP contribution in [-0.4, -0.2) is 13.2 Å². The lowest BCUT2D eigenvalue weighted by molar-refractivity contribution is -0.438. The van der Waals surface area contributed by atoms with Gasteiger partial charge in [-0.1, -0.05) is 13.8 Å². The summed E-state index contributed by atoms with van der Waals surface area (Å²) in [6, 6.07) is 6.38.